The van der Waals surface area contributed by atoms with Crippen molar-refractivity contribution in [2.75, 3.05) is 28.3 Å². The third kappa shape index (κ3) is 6.35. The van der Waals surface area contributed by atoms with Gasteiger partial charge in [0, 0.05) is 26.0 Å². The summed E-state index contributed by atoms with van der Waals surface area (Å²) in [6.45, 7) is 3.17. The number of thiazole rings is 1. The molecule has 2 aromatic rings. The van der Waals surface area contributed by atoms with Gasteiger partial charge in [0.25, 0.3) is 0 Å². The van der Waals surface area contributed by atoms with Crippen LogP contribution in [0.1, 0.15) is 26.6 Å². The first-order valence-corrected chi connectivity index (χ1v) is 8.94. The number of carbonyl (C=O) groups is 1. The lowest BCUT2D eigenvalue weighted by molar-refractivity contribution is 0.0597. The molecule has 1 N–H and O–H groups in total. The Labute approximate surface area is 180 Å². The van der Waals surface area contributed by atoms with E-state index in [9.17, 15) is 4.79 Å². The lowest BCUT2D eigenvalue weighted by atomic mass is 10.1. The van der Waals surface area contributed by atoms with Crippen LogP contribution in [0.2, 0.25) is 0 Å². The summed E-state index contributed by atoms with van der Waals surface area (Å²) in [6.07, 6.45) is 0. The van der Waals surface area contributed by atoms with E-state index in [2.05, 4.69) is 15.3 Å². The number of aryl methyl sites for hydroxylation is 1. The van der Waals surface area contributed by atoms with E-state index in [1.165, 1.54) is 14.2 Å². The van der Waals surface area contributed by atoms with Gasteiger partial charge in [-0.05, 0) is 24.6 Å². The fourth-order valence-electron chi connectivity index (χ4n) is 2.50. The van der Waals surface area contributed by atoms with Crippen molar-refractivity contribution in [3.05, 3.63) is 45.4 Å². The molecular formula is C18H25IN4O3S. The van der Waals surface area contributed by atoms with E-state index < -0.39 is 5.97 Å². The number of hydrogen-bond acceptors (Lipinski definition) is 6. The Kier molecular flexibility index (Phi) is 9.50. The highest BCUT2D eigenvalue weighted by molar-refractivity contribution is 14.0. The van der Waals surface area contributed by atoms with Crippen LogP contribution in [-0.2, 0) is 17.8 Å². The summed E-state index contributed by atoms with van der Waals surface area (Å²) in [6, 6.07) is 5.41. The molecule has 0 unspecified atom stereocenters. The summed E-state index contributed by atoms with van der Waals surface area (Å²) >= 11 is 1.63. The van der Waals surface area contributed by atoms with E-state index in [0.29, 0.717) is 24.4 Å². The fraction of sp³-hybridized carbons (Fsp3) is 0.389. The SMILES string of the molecule is CN=C(NCc1ccc(OC)c(C(=O)OC)c1)N(C)Cc1csc(C)n1.I. The minimum atomic E-state index is -0.427. The Bertz CT molecular complexity index is 795. The zero-order valence-corrected chi connectivity index (χ0v) is 19.3. The zero-order chi connectivity index (χ0) is 19.1. The van der Waals surface area contributed by atoms with Gasteiger partial charge in [-0.1, -0.05) is 6.07 Å². The number of nitrogens with zero attached hydrogens (tertiary/aromatic N) is 3. The van der Waals surface area contributed by atoms with Crippen molar-refractivity contribution in [1.29, 1.82) is 0 Å². The number of ether oxygens (including phenoxy) is 2. The lowest BCUT2D eigenvalue weighted by Gasteiger charge is -2.21. The quantitative estimate of drug-likeness (QED) is 0.282. The van der Waals surface area contributed by atoms with Crippen molar-refractivity contribution < 1.29 is 14.3 Å². The Morgan fingerprint density at radius 2 is 2.11 bits per heavy atom. The van der Waals surface area contributed by atoms with Crippen LogP contribution in [0.15, 0.2) is 28.6 Å². The Balaban J connectivity index is 0.00000364. The van der Waals surface area contributed by atoms with Gasteiger partial charge < -0.3 is 19.7 Å². The second-order valence-electron chi connectivity index (χ2n) is 5.64. The molecule has 0 bridgehead atoms. The van der Waals surface area contributed by atoms with Gasteiger partial charge in [-0.25, -0.2) is 9.78 Å². The van der Waals surface area contributed by atoms with Gasteiger partial charge in [0.15, 0.2) is 5.96 Å². The molecule has 2 rings (SSSR count). The van der Waals surface area contributed by atoms with E-state index in [1.54, 1.807) is 30.5 Å². The zero-order valence-electron chi connectivity index (χ0n) is 16.1. The van der Waals surface area contributed by atoms with Crippen LogP contribution in [-0.4, -0.2) is 50.1 Å². The normalized spacial score (nSPS) is 10.8. The first kappa shape index (κ1) is 23.2. The maximum Gasteiger partial charge on any atom is 0.341 e. The maximum absolute atomic E-state index is 11.9. The molecule has 1 heterocycles. The molecule has 0 fully saturated rings. The number of esters is 1. The molecule has 0 aliphatic carbocycles. The van der Waals surface area contributed by atoms with Gasteiger partial charge in [0.1, 0.15) is 11.3 Å². The number of benzene rings is 1. The summed E-state index contributed by atoms with van der Waals surface area (Å²) in [4.78, 5) is 22.7. The molecule has 0 amide bonds. The minimum absolute atomic E-state index is 0. The summed E-state index contributed by atoms with van der Waals surface area (Å²) in [7, 11) is 6.57. The highest BCUT2D eigenvalue weighted by Crippen LogP contribution is 2.20. The first-order chi connectivity index (χ1) is 12.5. The molecule has 7 nitrogen and oxygen atoms in total. The molecule has 0 aliphatic rings. The van der Waals surface area contributed by atoms with Crippen LogP contribution in [0.4, 0.5) is 0 Å². The number of aliphatic imine (C=N–C) groups is 1. The number of methoxy groups -OCH3 is 2. The van der Waals surface area contributed by atoms with Crippen LogP contribution in [0.5, 0.6) is 5.75 Å². The van der Waals surface area contributed by atoms with E-state index in [-0.39, 0.29) is 24.0 Å². The molecule has 1 aromatic heterocycles. The molecule has 1 aromatic carbocycles. The number of carbonyl (C=O) groups excluding carboxylic acids is 1. The molecule has 9 heteroatoms. The van der Waals surface area contributed by atoms with E-state index in [0.717, 1.165) is 22.2 Å². The van der Waals surface area contributed by atoms with Crippen molar-refractivity contribution >= 4 is 47.2 Å². The standard InChI is InChI=1S/C18H24N4O3S.HI/c1-12-21-14(11-26-12)10-22(3)18(19-2)20-9-13-6-7-16(24-4)15(8-13)17(23)25-5;/h6-8,11H,9-10H2,1-5H3,(H,19,20);1H. The molecule has 148 valence electrons. The number of rotatable bonds is 6. The summed E-state index contributed by atoms with van der Waals surface area (Å²) in [5, 5.41) is 6.39. The second-order valence-corrected chi connectivity index (χ2v) is 6.70. The van der Waals surface area contributed by atoms with Gasteiger partial charge in [-0.2, -0.15) is 0 Å². The fourth-order valence-corrected chi connectivity index (χ4v) is 3.10. The van der Waals surface area contributed by atoms with Gasteiger partial charge in [0.05, 0.1) is 31.5 Å². The number of halogens is 1. The number of nitrogens with one attached hydrogen (secondary N) is 1. The molecule has 0 saturated carbocycles. The smallest absolute Gasteiger partial charge is 0.341 e. The summed E-state index contributed by atoms with van der Waals surface area (Å²) < 4.78 is 10.0. The molecule has 27 heavy (non-hydrogen) atoms. The highest BCUT2D eigenvalue weighted by Gasteiger charge is 2.14. The number of hydrogen-bond donors (Lipinski definition) is 1. The molecule has 0 atom stereocenters. The second kappa shape index (κ2) is 11.1. The molecule has 0 radical (unpaired) electrons. The van der Waals surface area contributed by atoms with Crippen LogP contribution in [0.3, 0.4) is 0 Å². The Morgan fingerprint density at radius 3 is 2.67 bits per heavy atom. The van der Waals surface area contributed by atoms with Gasteiger partial charge in [-0.3, -0.25) is 4.99 Å². The van der Waals surface area contributed by atoms with Crippen LogP contribution >= 0.6 is 35.3 Å². The van der Waals surface area contributed by atoms with Crippen molar-refractivity contribution in [3.8, 4) is 5.75 Å². The number of guanidine groups is 1. The third-order valence-corrected chi connectivity index (χ3v) is 4.58. The summed E-state index contributed by atoms with van der Waals surface area (Å²) in [5.41, 5.74) is 2.33. The largest absolute Gasteiger partial charge is 0.496 e. The average Bonchev–Trinajstić information content (AvgIpc) is 3.06. The van der Waals surface area contributed by atoms with Crippen molar-refractivity contribution in [1.82, 2.24) is 15.2 Å². The van der Waals surface area contributed by atoms with E-state index in [4.69, 9.17) is 9.47 Å². The monoisotopic (exact) mass is 504 g/mol. The van der Waals surface area contributed by atoms with E-state index in [1.807, 2.05) is 30.3 Å². The van der Waals surface area contributed by atoms with Gasteiger partial charge >= 0.3 is 5.97 Å². The van der Waals surface area contributed by atoms with Crippen molar-refractivity contribution in [2.24, 2.45) is 4.99 Å². The Hall–Kier alpha value is -1.88. The van der Waals surface area contributed by atoms with E-state index >= 15 is 0 Å². The van der Waals surface area contributed by atoms with Gasteiger partial charge in [-0.15, -0.1) is 35.3 Å². The third-order valence-electron chi connectivity index (χ3n) is 3.76. The molecule has 0 aliphatic heterocycles. The van der Waals surface area contributed by atoms with Crippen LogP contribution in [0, 0.1) is 6.92 Å². The average molecular weight is 504 g/mol. The number of aromatic nitrogens is 1. The summed E-state index contributed by atoms with van der Waals surface area (Å²) in [5.74, 6) is 0.802. The highest BCUT2D eigenvalue weighted by atomic mass is 127. The topological polar surface area (TPSA) is 76.1 Å². The molecule has 0 saturated heterocycles. The maximum atomic E-state index is 11.9. The van der Waals surface area contributed by atoms with Crippen LogP contribution in [0.25, 0.3) is 0 Å². The minimum Gasteiger partial charge on any atom is -0.496 e. The van der Waals surface area contributed by atoms with Gasteiger partial charge in [0.2, 0.25) is 0 Å². The lowest BCUT2D eigenvalue weighted by Crippen LogP contribution is -2.38. The van der Waals surface area contributed by atoms with Crippen molar-refractivity contribution in [3.63, 3.8) is 0 Å². The predicted octanol–water partition coefficient (Wildman–Crippen LogP) is 3.07. The molecular weight excluding hydrogens is 479 g/mol. The van der Waals surface area contributed by atoms with Crippen molar-refractivity contribution in [2.45, 2.75) is 20.0 Å². The first-order valence-electron chi connectivity index (χ1n) is 8.06. The Morgan fingerprint density at radius 1 is 1.37 bits per heavy atom. The van der Waals surface area contributed by atoms with Crippen LogP contribution < -0.4 is 10.1 Å². The predicted molar refractivity (Wildman–Crippen MR) is 118 cm³/mol. The molecule has 0 spiro atoms.